The lowest BCUT2D eigenvalue weighted by Gasteiger charge is -2.16. The lowest BCUT2D eigenvalue weighted by atomic mass is 10.0. The van der Waals surface area contributed by atoms with E-state index in [4.69, 9.17) is 8.37 Å². The molecular formula is C16H34O4S. The zero-order chi connectivity index (χ0) is 16.1. The summed E-state index contributed by atoms with van der Waals surface area (Å²) in [7, 11) is -3.84. The van der Waals surface area contributed by atoms with E-state index in [-0.39, 0.29) is 13.2 Å². The maximum Gasteiger partial charge on any atom is 0.399 e. The number of hydrogen-bond donors (Lipinski definition) is 0. The van der Waals surface area contributed by atoms with Crippen LogP contribution in [0.25, 0.3) is 0 Å². The first-order chi connectivity index (χ1) is 9.99. The topological polar surface area (TPSA) is 52.6 Å². The van der Waals surface area contributed by atoms with Gasteiger partial charge in [-0.25, -0.2) is 8.37 Å². The molecule has 2 unspecified atom stereocenters. The highest BCUT2D eigenvalue weighted by Gasteiger charge is 2.18. The molecule has 0 radical (unpaired) electrons. The Labute approximate surface area is 131 Å². The summed E-state index contributed by atoms with van der Waals surface area (Å²) >= 11 is 0. The average Bonchev–Trinajstić information content (AvgIpc) is 2.47. The van der Waals surface area contributed by atoms with Gasteiger partial charge in [-0.15, -0.1) is 0 Å². The second-order valence-corrected chi connectivity index (χ2v) is 7.10. The quantitative estimate of drug-likeness (QED) is 0.465. The number of hydrogen-bond acceptors (Lipinski definition) is 4. The standard InChI is InChI=1S/C16H34O4S/c1-5-9-11-15(7-3)13-19-21(17,18)20-14-16(8-4)12-10-6-2/h15-16H,5-14H2,1-4H3. The first kappa shape index (κ1) is 20.9. The van der Waals surface area contributed by atoms with E-state index >= 15 is 0 Å². The molecule has 0 amide bonds. The van der Waals surface area contributed by atoms with Gasteiger partial charge in [-0.1, -0.05) is 66.2 Å². The van der Waals surface area contributed by atoms with Gasteiger partial charge in [0.15, 0.2) is 0 Å². The fourth-order valence-electron chi connectivity index (χ4n) is 2.19. The molecule has 2 atom stereocenters. The van der Waals surface area contributed by atoms with Crippen LogP contribution < -0.4 is 0 Å². The minimum atomic E-state index is -3.84. The summed E-state index contributed by atoms with van der Waals surface area (Å²) in [5.74, 6) is 0.593. The molecule has 0 saturated carbocycles. The van der Waals surface area contributed by atoms with Crippen molar-refractivity contribution in [1.29, 1.82) is 0 Å². The van der Waals surface area contributed by atoms with Crippen LogP contribution in [0.15, 0.2) is 0 Å². The van der Waals surface area contributed by atoms with E-state index < -0.39 is 10.4 Å². The lowest BCUT2D eigenvalue weighted by molar-refractivity contribution is 0.160. The molecule has 0 fully saturated rings. The Morgan fingerprint density at radius 3 is 1.43 bits per heavy atom. The van der Waals surface area contributed by atoms with Gasteiger partial charge in [-0.05, 0) is 24.7 Å². The summed E-state index contributed by atoms with van der Waals surface area (Å²) < 4.78 is 33.6. The molecule has 0 saturated heterocycles. The summed E-state index contributed by atoms with van der Waals surface area (Å²) in [6.45, 7) is 8.88. The Kier molecular flexibility index (Phi) is 12.3. The van der Waals surface area contributed by atoms with Crippen LogP contribution in [0.3, 0.4) is 0 Å². The maximum atomic E-state index is 11.8. The molecule has 0 spiro atoms. The van der Waals surface area contributed by atoms with Crippen molar-refractivity contribution in [3.05, 3.63) is 0 Å². The van der Waals surface area contributed by atoms with Gasteiger partial charge in [0.25, 0.3) is 0 Å². The number of unbranched alkanes of at least 4 members (excludes halogenated alkanes) is 2. The van der Waals surface area contributed by atoms with E-state index in [1.54, 1.807) is 0 Å². The van der Waals surface area contributed by atoms with Crippen LogP contribution in [-0.4, -0.2) is 21.6 Å². The first-order valence-corrected chi connectivity index (χ1v) is 9.86. The zero-order valence-corrected chi connectivity index (χ0v) is 15.1. The van der Waals surface area contributed by atoms with Gasteiger partial charge in [0.05, 0.1) is 13.2 Å². The van der Waals surface area contributed by atoms with Gasteiger partial charge in [0.2, 0.25) is 0 Å². The number of rotatable bonds is 14. The van der Waals surface area contributed by atoms with Gasteiger partial charge < -0.3 is 0 Å². The van der Waals surface area contributed by atoms with Crippen LogP contribution in [0.2, 0.25) is 0 Å². The Morgan fingerprint density at radius 2 is 1.14 bits per heavy atom. The summed E-state index contributed by atoms with van der Waals surface area (Å²) in [6.07, 6.45) is 8.35. The van der Waals surface area contributed by atoms with Gasteiger partial charge in [0.1, 0.15) is 0 Å². The zero-order valence-electron chi connectivity index (χ0n) is 14.3. The van der Waals surface area contributed by atoms with Crippen LogP contribution in [0, 0.1) is 11.8 Å². The van der Waals surface area contributed by atoms with Crippen LogP contribution in [-0.2, 0) is 18.8 Å². The molecule has 0 aliphatic carbocycles. The molecule has 0 aliphatic heterocycles. The lowest BCUT2D eigenvalue weighted by Crippen LogP contribution is -2.19. The highest BCUT2D eigenvalue weighted by Crippen LogP contribution is 2.17. The van der Waals surface area contributed by atoms with E-state index in [1.165, 1.54) is 0 Å². The van der Waals surface area contributed by atoms with Crippen molar-refractivity contribution in [3.8, 4) is 0 Å². The second kappa shape index (κ2) is 12.4. The summed E-state index contributed by atoms with van der Waals surface area (Å²) in [6, 6.07) is 0. The molecule has 21 heavy (non-hydrogen) atoms. The molecule has 4 nitrogen and oxygen atoms in total. The summed E-state index contributed by atoms with van der Waals surface area (Å²) in [4.78, 5) is 0. The first-order valence-electron chi connectivity index (χ1n) is 8.52. The largest absolute Gasteiger partial charge is 0.399 e. The van der Waals surface area contributed by atoms with Crippen molar-refractivity contribution in [3.63, 3.8) is 0 Å². The Balaban J connectivity index is 4.11. The van der Waals surface area contributed by atoms with Gasteiger partial charge >= 0.3 is 10.4 Å². The van der Waals surface area contributed by atoms with Crippen LogP contribution in [0.4, 0.5) is 0 Å². The molecular weight excluding hydrogens is 288 g/mol. The van der Waals surface area contributed by atoms with Crippen LogP contribution >= 0.6 is 0 Å². The fourth-order valence-corrected chi connectivity index (χ4v) is 2.98. The van der Waals surface area contributed by atoms with Crippen molar-refractivity contribution in [1.82, 2.24) is 0 Å². The van der Waals surface area contributed by atoms with Crippen LogP contribution in [0.1, 0.15) is 79.1 Å². The fraction of sp³-hybridized carbons (Fsp3) is 1.00. The molecule has 5 heteroatoms. The SMILES string of the molecule is CCCCC(CC)COS(=O)(=O)OCC(CC)CCCC. The maximum absolute atomic E-state index is 11.8. The second-order valence-electron chi connectivity index (χ2n) is 5.81. The third kappa shape index (κ3) is 11.1. The van der Waals surface area contributed by atoms with Crippen molar-refractivity contribution >= 4 is 10.4 Å². The summed E-state index contributed by atoms with van der Waals surface area (Å²) in [5.41, 5.74) is 0. The molecule has 128 valence electrons. The normalized spacial score (nSPS) is 15.0. The Hall–Kier alpha value is -0.130. The highest BCUT2D eigenvalue weighted by molar-refractivity contribution is 7.81. The molecule has 0 aromatic heterocycles. The monoisotopic (exact) mass is 322 g/mol. The van der Waals surface area contributed by atoms with E-state index in [9.17, 15) is 8.42 Å². The molecule has 0 N–H and O–H groups in total. The minimum absolute atomic E-state index is 0.241. The predicted molar refractivity (Wildman–Crippen MR) is 87.4 cm³/mol. The molecule has 0 heterocycles. The third-order valence-electron chi connectivity index (χ3n) is 3.98. The predicted octanol–water partition coefficient (Wildman–Crippen LogP) is 4.70. The third-order valence-corrected chi connectivity index (χ3v) is 4.83. The Bertz CT molecular complexity index is 301. The van der Waals surface area contributed by atoms with Gasteiger partial charge in [0, 0.05) is 0 Å². The van der Waals surface area contributed by atoms with E-state index in [0.29, 0.717) is 11.8 Å². The van der Waals surface area contributed by atoms with Gasteiger partial charge in [-0.2, -0.15) is 8.42 Å². The van der Waals surface area contributed by atoms with E-state index in [0.717, 1.165) is 51.4 Å². The van der Waals surface area contributed by atoms with E-state index in [2.05, 4.69) is 27.7 Å². The van der Waals surface area contributed by atoms with Crippen molar-refractivity contribution in [2.45, 2.75) is 79.1 Å². The molecule has 0 aromatic carbocycles. The van der Waals surface area contributed by atoms with Crippen molar-refractivity contribution < 1.29 is 16.8 Å². The summed E-state index contributed by atoms with van der Waals surface area (Å²) in [5, 5.41) is 0. The molecule has 0 aromatic rings. The van der Waals surface area contributed by atoms with E-state index in [1.807, 2.05) is 0 Å². The minimum Gasteiger partial charge on any atom is -0.248 e. The van der Waals surface area contributed by atoms with Crippen LogP contribution in [0.5, 0.6) is 0 Å². The molecule has 0 aliphatic rings. The van der Waals surface area contributed by atoms with Gasteiger partial charge in [-0.3, -0.25) is 0 Å². The Morgan fingerprint density at radius 1 is 0.762 bits per heavy atom. The smallest absolute Gasteiger partial charge is 0.248 e. The van der Waals surface area contributed by atoms with Crippen molar-refractivity contribution in [2.24, 2.45) is 11.8 Å². The molecule has 0 bridgehead atoms. The molecule has 0 rings (SSSR count). The highest BCUT2D eigenvalue weighted by atomic mass is 32.3. The van der Waals surface area contributed by atoms with Crippen molar-refractivity contribution in [2.75, 3.05) is 13.2 Å². The average molecular weight is 323 g/mol.